The van der Waals surface area contributed by atoms with E-state index < -0.39 is 0 Å². The average molecular weight is 259 g/mol. The van der Waals surface area contributed by atoms with Gasteiger partial charge in [0.15, 0.2) is 0 Å². The number of benzene rings is 1. The van der Waals surface area contributed by atoms with Gasteiger partial charge in [0.1, 0.15) is 0 Å². The highest BCUT2D eigenvalue weighted by atomic mass is 14.9. The lowest BCUT2D eigenvalue weighted by atomic mass is 9.83. The van der Waals surface area contributed by atoms with Crippen LogP contribution in [0.4, 0.5) is 0 Å². The fraction of sp³-hybridized carbons (Fsp3) is 0.667. The van der Waals surface area contributed by atoms with Crippen molar-refractivity contribution in [3.05, 3.63) is 35.4 Å². The summed E-state index contributed by atoms with van der Waals surface area (Å²) in [6.07, 6.45) is 8.35. The first-order valence-corrected chi connectivity index (χ1v) is 8.01. The van der Waals surface area contributed by atoms with Crippen molar-refractivity contribution in [1.82, 2.24) is 5.32 Å². The Morgan fingerprint density at radius 2 is 1.74 bits per heavy atom. The Morgan fingerprint density at radius 1 is 1.11 bits per heavy atom. The number of hydrogen-bond donors (Lipinski definition) is 1. The van der Waals surface area contributed by atoms with E-state index in [-0.39, 0.29) is 0 Å². The molecule has 0 heterocycles. The highest BCUT2D eigenvalue weighted by molar-refractivity contribution is 5.23. The first-order valence-electron chi connectivity index (χ1n) is 8.01. The maximum atomic E-state index is 3.82. The molecule has 1 aromatic rings. The highest BCUT2D eigenvalue weighted by Gasteiger charge is 2.21. The molecule has 0 radical (unpaired) electrons. The third-order valence-electron chi connectivity index (χ3n) is 4.61. The molecule has 0 saturated heterocycles. The van der Waals surface area contributed by atoms with Gasteiger partial charge in [0.2, 0.25) is 0 Å². The maximum Gasteiger partial charge on any atom is 0.0294 e. The Hall–Kier alpha value is -0.820. The van der Waals surface area contributed by atoms with Crippen LogP contribution < -0.4 is 5.32 Å². The van der Waals surface area contributed by atoms with Crippen molar-refractivity contribution in [2.45, 2.75) is 71.4 Å². The molecule has 1 N–H and O–H groups in total. The summed E-state index contributed by atoms with van der Waals surface area (Å²) in [4.78, 5) is 0. The summed E-state index contributed by atoms with van der Waals surface area (Å²) in [6.45, 7) is 6.75. The van der Waals surface area contributed by atoms with E-state index in [1.54, 1.807) is 0 Å². The summed E-state index contributed by atoms with van der Waals surface area (Å²) in [5, 5.41) is 3.82. The Morgan fingerprint density at radius 3 is 2.32 bits per heavy atom. The van der Waals surface area contributed by atoms with Gasteiger partial charge in [-0.1, -0.05) is 49.6 Å². The minimum absolute atomic E-state index is 0.480. The number of hydrogen-bond acceptors (Lipinski definition) is 1. The molecule has 2 rings (SSSR count). The third kappa shape index (κ3) is 4.35. The van der Waals surface area contributed by atoms with Gasteiger partial charge in [-0.3, -0.25) is 0 Å². The molecule has 1 aliphatic carbocycles. The average Bonchev–Trinajstić information content (AvgIpc) is 2.42. The summed E-state index contributed by atoms with van der Waals surface area (Å²) in [5.74, 6) is 0.998. The minimum atomic E-state index is 0.480. The molecule has 1 unspecified atom stereocenters. The van der Waals surface area contributed by atoms with Gasteiger partial charge >= 0.3 is 0 Å². The van der Waals surface area contributed by atoms with Crippen LogP contribution in [0.15, 0.2) is 24.3 Å². The zero-order valence-electron chi connectivity index (χ0n) is 12.8. The molecule has 1 aromatic carbocycles. The first kappa shape index (κ1) is 14.6. The zero-order chi connectivity index (χ0) is 13.7. The lowest BCUT2D eigenvalue weighted by molar-refractivity contribution is 0.266. The SMILES string of the molecule is CCCC1CCC(NC(C)c2ccc(C)cc2)CC1. The van der Waals surface area contributed by atoms with E-state index in [1.165, 1.54) is 49.7 Å². The molecular weight excluding hydrogens is 230 g/mol. The van der Waals surface area contributed by atoms with Crippen molar-refractivity contribution in [3.8, 4) is 0 Å². The van der Waals surface area contributed by atoms with Gasteiger partial charge in [-0.05, 0) is 51.0 Å². The Balaban J connectivity index is 1.80. The monoisotopic (exact) mass is 259 g/mol. The summed E-state index contributed by atoms with van der Waals surface area (Å²) in [6, 6.07) is 10.2. The first-order chi connectivity index (χ1) is 9.19. The van der Waals surface area contributed by atoms with Crippen molar-refractivity contribution in [1.29, 1.82) is 0 Å². The molecule has 1 fully saturated rings. The van der Waals surface area contributed by atoms with Crippen molar-refractivity contribution in [3.63, 3.8) is 0 Å². The van der Waals surface area contributed by atoms with Crippen LogP contribution in [0.3, 0.4) is 0 Å². The largest absolute Gasteiger partial charge is 0.307 e. The molecular formula is C18H29N. The molecule has 19 heavy (non-hydrogen) atoms. The van der Waals surface area contributed by atoms with E-state index in [0.717, 1.165) is 12.0 Å². The molecule has 1 nitrogen and oxygen atoms in total. The molecule has 1 saturated carbocycles. The maximum absolute atomic E-state index is 3.82. The van der Waals surface area contributed by atoms with Crippen LogP contribution in [0, 0.1) is 12.8 Å². The van der Waals surface area contributed by atoms with Crippen LogP contribution in [-0.2, 0) is 0 Å². The second-order valence-electron chi connectivity index (χ2n) is 6.31. The van der Waals surface area contributed by atoms with Crippen molar-refractivity contribution >= 4 is 0 Å². The van der Waals surface area contributed by atoms with Crippen molar-refractivity contribution < 1.29 is 0 Å². The van der Waals surface area contributed by atoms with Gasteiger partial charge in [0, 0.05) is 12.1 Å². The van der Waals surface area contributed by atoms with Crippen LogP contribution in [-0.4, -0.2) is 6.04 Å². The van der Waals surface area contributed by atoms with Gasteiger partial charge in [-0.2, -0.15) is 0 Å². The lowest BCUT2D eigenvalue weighted by Crippen LogP contribution is -2.35. The van der Waals surface area contributed by atoms with E-state index in [9.17, 15) is 0 Å². The van der Waals surface area contributed by atoms with E-state index in [2.05, 4.69) is 50.4 Å². The third-order valence-corrected chi connectivity index (χ3v) is 4.61. The van der Waals surface area contributed by atoms with Gasteiger partial charge in [-0.25, -0.2) is 0 Å². The van der Waals surface area contributed by atoms with Crippen LogP contribution in [0.25, 0.3) is 0 Å². The zero-order valence-corrected chi connectivity index (χ0v) is 12.8. The van der Waals surface area contributed by atoms with Crippen LogP contribution >= 0.6 is 0 Å². The molecule has 0 aromatic heterocycles. The molecule has 1 aliphatic rings. The quantitative estimate of drug-likeness (QED) is 0.784. The smallest absolute Gasteiger partial charge is 0.0294 e. The molecule has 0 spiro atoms. The van der Waals surface area contributed by atoms with Crippen LogP contribution in [0.1, 0.15) is 69.5 Å². The predicted molar refractivity (Wildman–Crippen MR) is 83.4 cm³/mol. The fourth-order valence-corrected chi connectivity index (χ4v) is 3.33. The van der Waals surface area contributed by atoms with E-state index in [4.69, 9.17) is 0 Å². The van der Waals surface area contributed by atoms with E-state index in [0.29, 0.717) is 6.04 Å². The van der Waals surface area contributed by atoms with Gasteiger partial charge < -0.3 is 5.32 Å². The topological polar surface area (TPSA) is 12.0 Å². The summed E-state index contributed by atoms with van der Waals surface area (Å²) < 4.78 is 0. The minimum Gasteiger partial charge on any atom is -0.307 e. The summed E-state index contributed by atoms with van der Waals surface area (Å²) in [5.41, 5.74) is 2.76. The second kappa shape index (κ2) is 7.09. The molecule has 0 bridgehead atoms. The van der Waals surface area contributed by atoms with Gasteiger partial charge in [-0.15, -0.1) is 0 Å². The highest BCUT2D eigenvalue weighted by Crippen LogP contribution is 2.29. The fourth-order valence-electron chi connectivity index (χ4n) is 3.33. The standard InChI is InChI=1S/C18H29N/c1-4-5-16-8-12-18(13-9-16)19-15(3)17-10-6-14(2)7-11-17/h6-7,10-11,15-16,18-19H,4-5,8-9,12-13H2,1-3H3. The van der Waals surface area contributed by atoms with Gasteiger partial charge in [0.05, 0.1) is 0 Å². The lowest BCUT2D eigenvalue weighted by Gasteiger charge is -2.31. The summed E-state index contributed by atoms with van der Waals surface area (Å²) >= 11 is 0. The van der Waals surface area contributed by atoms with E-state index in [1.807, 2.05) is 0 Å². The molecule has 0 aliphatic heterocycles. The Kier molecular flexibility index (Phi) is 5.45. The number of rotatable bonds is 5. The molecule has 1 heteroatoms. The van der Waals surface area contributed by atoms with Crippen LogP contribution in [0.2, 0.25) is 0 Å². The van der Waals surface area contributed by atoms with Crippen molar-refractivity contribution in [2.75, 3.05) is 0 Å². The predicted octanol–water partition coefficient (Wildman–Crippen LogP) is 5.00. The van der Waals surface area contributed by atoms with Gasteiger partial charge in [0.25, 0.3) is 0 Å². The van der Waals surface area contributed by atoms with E-state index >= 15 is 0 Å². The molecule has 106 valence electrons. The van der Waals surface area contributed by atoms with Crippen LogP contribution in [0.5, 0.6) is 0 Å². The van der Waals surface area contributed by atoms with Crippen molar-refractivity contribution in [2.24, 2.45) is 5.92 Å². The Bertz CT molecular complexity index is 360. The Labute approximate surface area is 118 Å². The number of aryl methyl sites for hydroxylation is 1. The second-order valence-corrected chi connectivity index (χ2v) is 6.31. The summed E-state index contributed by atoms with van der Waals surface area (Å²) in [7, 11) is 0. The molecule has 1 atom stereocenters. The number of nitrogens with one attached hydrogen (secondary N) is 1. The normalized spacial score (nSPS) is 25.2. The molecule has 0 amide bonds.